The Morgan fingerprint density at radius 1 is 1.33 bits per heavy atom. The standard InChI is InChI=1S/C12H15N5S/c1-3-12(17-9-14-15-16-17)4-2-11(1)13-7-10-5-6-18-8-10/h1-4,9-10,13H,5-8H2. The Labute approximate surface area is 110 Å². The Morgan fingerprint density at radius 3 is 2.89 bits per heavy atom. The lowest BCUT2D eigenvalue weighted by atomic mass is 10.1. The molecular formula is C12H15N5S. The monoisotopic (exact) mass is 261 g/mol. The SMILES string of the molecule is c1cc(-n2cnnn2)ccc1NCC1CCSC1. The highest BCUT2D eigenvalue weighted by atomic mass is 32.2. The van der Waals surface area contributed by atoms with E-state index in [-0.39, 0.29) is 0 Å². The van der Waals surface area contributed by atoms with E-state index in [1.165, 1.54) is 17.9 Å². The van der Waals surface area contributed by atoms with Crippen molar-refractivity contribution in [1.29, 1.82) is 0 Å². The average molecular weight is 261 g/mol. The lowest BCUT2D eigenvalue weighted by molar-refractivity contribution is 0.632. The van der Waals surface area contributed by atoms with Crippen LogP contribution in [0.5, 0.6) is 0 Å². The van der Waals surface area contributed by atoms with Crippen molar-refractivity contribution in [3.63, 3.8) is 0 Å². The summed E-state index contributed by atoms with van der Waals surface area (Å²) in [5.41, 5.74) is 2.13. The van der Waals surface area contributed by atoms with Gasteiger partial charge in [0.15, 0.2) is 0 Å². The molecule has 5 nitrogen and oxygen atoms in total. The summed E-state index contributed by atoms with van der Waals surface area (Å²) < 4.78 is 1.65. The summed E-state index contributed by atoms with van der Waals surface area (Å²) >= 11 is 2.05. The first kappa shape index (κ1) is 11.5. The summed E-state index contributed by atoms with van der Waals surface area (Å²) in [4.78, 5) is 0. The molecule has 1 aromatic heterocycles. The normalized spacial score (nSPS) is 19.0. The third-order valence-corrected chi connectivity index (χ3v) is 4.33. The minimum absolute atomic E-state index is 0.814. The van der Waals surface area contributed by atoms with Crippen molar-refractivity contribution >= 4 is 17.4 Å². The molecule has 18 heavy (non-hydrogen) atoms. The van der Waals surface area contributed by atoms with E-state index >= 15 is 0 Å². The van der Waals surface area contributed by atoms with E-state index in [2.05, 4.69) is 44.7 Å². The molecule has 0 spiro atoms. The molecule has 0 saturated carbocycles. The van der Waals surface area contributed by atoms with Gasteiger partial charge in [0.05, 0.1) is 5.69 Å². The van der Waals surface area contributed by atoms with E-state index in [4.69, 9.17) is 0 Å². The van der Waals surface area contributed by atoms with Crippen LogP contribution in [-0.2, 0) is 0 Å². The number of tetrazole rings is 1. The van der Waals surface area contributed by atoms with Gasteiger partial charge in [0.2, 0.25) is 0 Å². The van der Waals surface area contributed by atoms with Crippen molar-refractivity contribution in [2.75, 3.05) is 23.4 Å². The lowest BCUT2D eigenvalue weighted by Crippen LogP contribution is -2.13. The van der Waals surface area contributed by atoms with Crippen molar-refractivity contribution in [3.8, 4) is 5.69 Å². The molecule has 94 valence electrons. The van der Waals surface area contributed by atoms with E-state index in [9.17, 15) is 0 Å². The Morgan fingerprint density at radius 2 is 2.22 bits per heavy atom. The summed E-state index contributed by atoms with van der Waals surface area (Å²) in [5.74, 6) is 3.41. The molecule has 2 aromatic rings. The van der Waals surface area contributed by atoms with Gasteiger partial charge < -0.3 is 5.32 Å². The molecule has 1 unspecified atom stereocenters. The molecule has 1 aliphatic rings. The number of hydrogen-bond acceptors (Lipinski definition) is 5. The van der Waals surface area contributed by atoms with Gasteiger partial charge >= 0.3 is 0 Å². The van der Waals surface area contributed by atoms with Crippen molar-refractivity contribution in [1.82, 2.24) is 20.2 Å². The minimum atomic E-state index is 0.814. The quantitative estimate of drug-likeness (QED) is 0.910. The molecule has 1 atom stereocenters. The van der Waals surface area contributed by atoms with Crippen molar-refractivity contribution in [3.05, 3.63) is 30.6 Å². The Kier molecular flexibility index (Phi) is 3.45. The molecule has 3 rings (SSSR count). The van der Waals surface area contributed by atoms with E-state index in [1.807, 2.05) is 12.1 Å². The number of rotatable bonds is 4. The summed E-state index contributed by atoms with van der Waals surface area (Å²) in [5, 5.41) is 14.6. The summed E-state index contributed by atoms with van der Waals surface area (Å²) in [6.45, 7) is 1.07. The maximum Gasteiger partial charge on any atom is 0.143 e. The largest absolute Gasteiger partial charge is 0.385 e. The van der Waals surface area contributed by atoms with Gasteiger partial charge in [0, 0.05) is 12.2 Å². The van der Waals surface area contributed by atoms with Gasteiger partial charge in [0.1, 0.15) is 6.33 Å². The van der Waals surface area contributed by atoms with Crippen LogP contribution in [0.15, 0.2) is 30.6 Å². The number of thioether (sulfide) groups is 1. The second-order valence-electron chi connectivity index (χ2n) is 4.41. The second kappa shape index (κ2) is 5.39. The van der Waals surface area contributed by atoms with E-state index in [0.29, 0.717) is 0 Å². The third-order valence-electron chi connectivity index (χ3n) is 3.10. The number of nitrogens with one attached hydrogen (secondary N) is 1. The average Bonchev–Trinajstić information content (AvgIpc) is 3.10. The first-order valence-corrected chi connectivity index (χ1v) is 7.22. The van der Waals surface area contributed by atoms with E-state index in [0.717, 1.165) is 23.8 Å². The summed E-state index contributed by atoms with van der Waals surface area (Å²) in [6, 6.07) is 8.17. The van der Waals surface area contributed by atoms with Crippen LogP contribution in [0.1, 0.15) is 6.42 Å². The molecule has 1 saturated heterocycles. The molecule has 0 amide bonds. The lowest BCUT2D eigenvalue weighted by Gasteiger charge is -2.11. The van der Waals surface area contributed by atoms with Crippen LogP contribution < -0.4 is 5.32 Å². The van der Waals surface area contributed by atoms with Crippen LogP contribution in [-0.4, -0.2) is 38.3 Å². The number of hydrogen-bond donors (Lipinski definition) is 1. The molecule has 2 heterocycles. The Hall–Kier alpha value is -1.56. The number of aromatic nitrogens is 4. The molecule has 1 aromatic carbocycles. The van der Waals surface area contributed by atoms with Gasteiger partial charge in [-0.1, -0.05) is 0 Å². The predicted octanol–water partition coefficient (Wildman–Crippen LogP) is 1.83. The van der Waals surface area contributed by atoms with Crippen LogP contribution in [0.25, 0.3) is 5.69 Å². The number of nitrogens with zero attached hydrogens (tertiary/aromatic N) is 4. The molecule has 1 aliphatic heterocycles. The maximum absolute atomic E-state index is 3.86. The van der Waals surface area contributed by atoms with Crippen molar-refractivity contribution < 1.29 is 0 Å². The van der Waals surface area contributed by atoms with Gasteiger partial charge in [-0.3, -0.25) is 0 Å². The summed E-state index contributed by atoms with van der Waals surface area (Å²) in [6.07, 6.45) is 2.93. The molecule has 0 bridgehead atoms. The van der Waals surface area contributed by atoms with Gasteiger partial charge in [-0.2, -0.15) is 11.8 Å². The third kappa shape index (κ3) is 2.64. The molecule has 6 heteroatoms. The van der Waals surface area contributed by atoms with Gasteiger partial charge in [-0.15, -0.1) is 5.10 Å². The van der Waals surface area contributed by atoms with Crippen LogP contribution in [0.4, 0.5) is 5.69 Å². The fourth-order valence-corrected chi connectivity index (χ4v) is 3.30. The van der Waals surface area contributed by atoms with Crippen LogP contribution in [0.2, 0.25) is 0 Å². The molecule has 1 N–H and O–H groups in total. The molecular weight excluding hydrogens is 246 g/mol. The fraction of sp³-hybridized carbons (Fsp3) is 0.417. The molecule has 0 radical (unpaired) electrons. The van der Waals surface area contributed by atoms with Crippen molar-refractivity contribution in [2.24, 2.45) is 5.92 Å². The highest BCUT2D eigenvalue weighted by Gasteiger charge is 2.14. The zero-order valence-corrected chi connectivity index (χ0v) is 10.8. The van der Waals surface area contributed by atoms with Crippen molar-refractivity contribution in [2.45, 2.75) is 6.42 Å². The zero-order valence-electron chi connectivity index (χ0n) is 9.99. The van der Waals surface area contributed by atoms with Crippen LogP contribution >= 0.6 is 11.8 Å². The van der Waals surface area contributed by atoms with Crippen LogP contribution in [0.3, 0.4) is 0 Å². The zero-order chi connectivity index (χ0) is 12.2. The topological polar surface area (TPSA) is 55.6 Å². The first-order valence-electron chi connectivity index (χ1n) is 6.07. The fourth-order valence-electron chi connectivity index (χ4n) is 2.02. The van der Waals surface area contributed by atoms with E-state index < -0.39 is 0 Å². The smallest absolute Gasteiger partial charge is 0.143 e. The highest BCUT2D eigenvalue weighted by molar-refractivity contribution is 7.99. The number of benzene rings is 1. The predicted molar refractivity (Wildman–Crippen MR) is 73.1 cm³/mol. The summed E-state index contributed by atoms with van der Waals surface area (Å²) in [7, 11) is 0. The minimum Gasteiger partial charge on any atom is -0.385 e. The van der Waals surface area contributed by atoms with Gasteiger partial charge in [-0.25, -0.2) is 4.68 Å². The Bertz CT molecular complexity index is 476. The van der Waals surface area contributed by atoms with Gasteiger partial charge in [-0.05, 0) is 58.5 Å². The highest BCUT2D eigenvalue weighted by Crippen LogP contribution is 2.23. The van der Waals surface area contributed by atoms with E-state index in [1.54, 1.807) is 11.0 Å². The first-order chi connectivity index (χ1) is 8.92. The Balaban J connectivity index is 1.60. The van der Waals surface area contributed by atoms with Gasteiger partial charge in [0.25, 0.3) is 0 Å². The molecule has 1 fully saturated rings. The van der Waals surface area contributed by atoms with Crippen LogP contribution in [0, 0.1) is 5.92 Å². The number of anilines is 1. The maximum atomic E-state index is 3.86. The molecule has 0 aliphatic carbocycles. The second-order valence-corrected chi connectivity index (χ2v) is 5.56.